The minimum atomic E-state index is 0.605. The first-order valence-corrected chi connectivity index (χ1v) is 7.06. The van der Waals surface area contributed by atoms with Gasteiger partial charge in [-0.2, -0.15) is 10.5 Å². The molecule has 1 heterocycles. The molecule has 0 aliphatic carbocycles. The van der Waals surface area contributed by atoms with Crippen LogP contribution >= 0.6 is 0 Å². The number of rotatable bonds is 2. The summed E-state index contributed by atoms with van der Waals surface area (Å²) in [7, 11) is 0. The molecule has 0 amide bonds. The maximum atomic E-state index is 8.92. The van der Waals surface area contributed by atoms with Crippen LogP contribution in [0.2, 0.25) is 0 Å². The Kier molecular flexibility index (Phi) is 3.82. The Hall–Kier alpha value is -3.50. The highest BCUT2D eigenvalue weighted by Gasteiger charge is 2.11. The van der Waals surface area contributed by atoms with Crippen molar-refractivity contribution in [3.8, 4) is 34.7 Å². The molecule has 0 radical (unpaired) electrons. The molecule has 0 atom stereocenters. The van der Waals surface area contributed by atoms with Crippen LogP contribution in [0.5, 0.6) is 0 Å². The fraction of sp³-hybridized carbons (Fsp3) is 0.0526. The molecule has 0 unspecified atom stereocenters. The molecule has 0 fully saturated rings. The number of aryl methyl sites for hydroxylation is 1. The van der Waals surface area contributed by atoms with Crippen molar-refractivity contribution in [1.29, 1.82) is 10.5 Å². The van der Waals surface area contributed by atoms with Crippen LogP contribution in [-0.4, -0.2) is 9.97 Å². The molecule has 0 saturated carbocycles. The van der Waals surface area contributed by atoms with Crippen molar-refractivity contribution >= 4 is 0 Å². The van der Waals surface area contributed by atoms with E-state index in [2.05, 4.69) is 22.1 Å². The van der Waals surface area contributed by atoms with Gasteiger partial charge < -0.3 is 0 Å². The molecule has 4 heteroatoms. The van der Waals surface area contributed by atoms with E-state index in [9.17, 15) is 0 Å². The zero-order valence-corrected chi connectivity index (χ0v) is 12.5. The maximum Gasteiger partial charge on any atom is 0.0991 e. The third-order valence-corrected chi connectivity index (χ3v) is 3.47. The van der Waals surface area contributed by atoms with Gasteiger partial charge >= 0.3 is 0 Å². The average molecular weight is 296 g/mol. The molecule has 1 aromatic heterocycles. The highest BCUT2D eigenvalue weighted by Crippen LogP contribution is 2.29. The molecule has 23 heavy (non-hydrogen) atoms. The van der Waals surface area contributed by atoms with Gasteiger partial charge in [0.25, 0.3) is 0 Å². The largest absolute Gasteiger partial charge is 0.252 e. The van der Waals surface area contributed by atoms with Gasteiger partial charge in [-0.15, -0.1) is 0 Å². The first kappa shape index (κ1) is 14.4. The lowest BCUT2D eigenvalue weighted by Crippen LogP contribution is -1.95. The average Bonchev–Trinajstić information content (AvgIpc) is 2.62. The summed E-state index contributed by atoms with van der Waals surface area (Å²) in [6, 6.07) is 18.7. The highest BCUT2D eigenvalue weighted by molar-refractivity contribution is 5.78. The summed E-state index contributed by atoms with van der Waals surface area (Å²) in [6.45, 7) is 1.89. The van der Waals surface area contributed by atoms with Gasteiger partial charge in [0.2, 0.25) is 0 Å². The molecule has 0 bridgehead atoms. The lowest BCUT2D eigenvalue weighted by atomic mass is 10.0. The SMILES string of the molecule is Cc1cnc(-c2ccc(C#N)cc2)c(-c2ccc(C#N)cc2)n1. The molecule has 0 aliphatic rings. The first-order chi connectivity index (χ1) is 11.2. The molecule has 0 spiro atoms. The van der Waals surface area contributed by atoms with Crippen molar-refractivity contribution in [3.63, 3.8) is 0 Å². The molecule has 0 N–H and O–H groups in total. The molecule has 4 nitrogen and oxygen atoms in total. The smallest absolute Gasteiger partial charge is 0.0991 e. The van der Waals surface area contributed by atoms with E-state index in [4.69, 9.17) is 10.5 Å². The third-order valence-electron chi connectivity index (χ3n) is 3.47. The zero-order valence-electron chi connectivity index (χ0n) is 12.5. The molecule has 2 aromatic carbocycles. The molecule has 0 saturated heterocycles. The van der Waals surface area contributed by atoms with Gasteiger partial charge in [-0.25, -0.2) is 4.98 Å². The molecular weight excluding hydrogens is 284 g/mol. The summed E-state index contributed by atoms with van der Waals surface area (Å²) < 4.78 is 0. The van der Waals surface area contributed by atoms with Crippen LogP contribution in [0.4, 0.5) is 0 Å². The quantitative estimate of drug-likeness (QED) is 0.719. The molecule has 3 rings (SSSR count). The number of nitriles is 2. The molecule has 0 aliphatic heterocycles. The Balaban J connectivity index is 2.14. The van der Waals surface area contributed by atoms with E-state index >= 15 is 0 Å². The fourth-order valence-electron chi connectivity index (χ4n) is 2.30. The van der Waals surface area contributed by atoms with Gasteiger partial charge in [-0.1, -0.05) is 24.3 Å². The van der Waals surface area contributed by atoms with Crippen molar-refractivity contribution in [2.24, 2.45) is 0 Å². The topological polar surface area (TPSA) is 73.4 Å². The van der Waals surface area contributed by atoms with Crippen LogP contribution in [0.25, 0.3) is 22.5 Å². The predicted octanol–water partition coefficient (Wildman–Crippen LogP) is 3.86. The second-order valence-electron chi connectivity index (χ2n) is 5.09. The van der Waals surface area contributed by atoms with E-state index in [1.807, 2.05) is 31.2 Å². The van der Waals surface area contributed by atoms with Gasteiger partial charge in [0.1, 0.15) is 0 Å². The Bertz CT molecular complexity index is 927. The number of hydrogen-bond donors (Lipinski definition) is 0. The lowest BCUT2D eigenvalue weighted by molar-refractivity contribution is 1.13. The number of nitrogens with zero attached hydrogens (tertiary/aromatic N) is 4. The Morgan fingerprint density at radius 1 is 0.739 bits per heavy atom. The number of aromatic nitrogens is 2. The Labute approximate surface area is 134 Å². The maximum absolute atomic E-state index is 8.92. The normalized spacial score (nSPS) is 9.87. The molecular formula is C19H12N4. The van der Waals surface area contributed by atoms with Gasteiger partial charge in [-0.3, -0.25) is 4.98 Å². The number of benzene rings is 2. The van der Waals surface area contributed by atoms with Crippen LogP contribution in [-0.2, 0) is 0 Å². The van der Waals surface area contributed by atoms with Crippen molar-refractivity contribution in [3.05, 3.63) is 71.5 Å². The molecule has 3 aromatic rings. The first-order valence-electron chi connectivity index (χ1n) is 7.06. The van der Waals surface area contributed by atoms with E-state index in [-0.39, 0.29) is 0 Å². The van der Waals surface area contributed by atoms with Crippen LogP contribution in [0, 0.1) is 29.6 Å². The van der Waals surface area contributed by atoms with Crippen molar-refractivity contribution in [1.82, 2.24) is 9.97 Å². The minimum Gasteiger partial charge on any atom is -0.252 e. The number of hydrogen-bond acceptors (Lipinski definition) is 4. The second kappa shape index (κ2) is 6.09. The van der Waals surface area contributed by atoms with Crippen LogP contribution in [0.1, 0.15) is 16.8 Å². The standard InChI is InChI=1S/C19H12N4/c1-13-12-22-18(16-6-2-14(10-20)3-7-16)19(23-13)17-8-4-15(11-21)5-9-17/h2-9,12H,1H3. The van der Waals surface area contributed by atoms with Crippen LogP contribution < -0.4 is 0 Å². The Morgan fingerprint density at radius 3 is 1.70 bits per heavy atom. The summed E-state index contributed by atoms with van der Waals surface area (Å²) in [5, 5.41) is 17.8. The van der Waals surface area contributed by atoms with Crippen LogP contribution in [0.3, 0.4) is 0 Å². The molecule has 108 valence electrons. The van der Waals surface area contributed by atoms with Gasteiger partial charge in [0.05, 0.1) is 40.3 Å². The summed E-state index contributed by atoms with van der Waals surface area (Å²) in [4.78, 5) is 9.12. The fourth-order valence-corrected chi connectivity index (χ4v) is 2.30. The van der Waals surface area contributed by atoms with E-state index in [1.54, 1.807) is 30.5 Å². The second-order valence-corrected chi connectivity index (χ2v) is 5.09. The zero-order chi connectivity index (χ0) is 16.2. The summed E-state index contributed by atoms with van der Waals surface area (Å²) >= 11 is 0. The van der Waals surface area contributed by atoms with Gasteiger partial charge in [-0.05, 0) is 31.2 Å². The van der Waals surface area contributed by atoms with Crippen molar-refractivity contribution in [2.75, 3.05) is 0 Å². The Morgan fingerprint density at radius 2 is 1.22 bits per heavy atom. The summed E-state index contributed by atoms with van der Waals surface area (Å²) in [5.41, 5.74) is 5.35. The van der Waals surface area contributed by atoms with Crippen molar-refractivity contribution < 1.29 is 0 Å². The monoisotopic (exact) mass is 296 g/mol. The summed E-state index contributed by atoms with van der Waals surface area (Å²) in [6.07, 6.45) is 1.72. The minimum absolute atomic E-state index is 0.605. The van der Waals surface area contributed by atoms with E-state index in [0.29, 0.717) is 11.1 Å². The van der Waals surface area contributed by atoms with E-state index < -0.39 is 0 Å². The van der Waals surface area contributed by atoms with E-state index in [0.717, 1.165) is 28.2 Å². The summed E-state index contributed by atoms with van der Waals surface area (Å²) in [5.74, 6) is 0. The van der Waals surface area contributed by atoms with Crippen molar-refractivity contribution in [2.45, 2.75) is 6.92 Å². The van der Waals surface area contributed by atoms with Gasteiger partial charge in [0, 0.05) is 17.3 Å². The van der Waals surface area contributed by atoms with E-state index in [1.165, 1.54) is 0 Å². The predicted molar refractivity (Wildman–Crippen MR) is 87.1 cm³/mol. The van der Waals surface area contributed by atoms with Gasteiger partial charge in [0.15, 0.2) is 0 Å². The lowest BCUT2D eigenvalue weighted by Gasteiger charge is -2.09. The van der Waals surface area contributed by atoms with Crippen LogP contribution in [0.15, 0.2) is 54.7 Å². The highest BCUT2D eigenvalue weighted by atomic mass is 14.8. The third kappa shape index (κ3) is 2.92.